The Morgan fingerprint density at radius 2 is 1.59 bits per heavy atom. The predicted molar refractivity (Wildman–Crippen MR) is 128 cm³/mol. The molecule has 2 amide bonds. The molecule has 3 rings (SSSR count). The summed E-state index contributed by atoms with van der Waals surface area (Å²) in [5.74, 6) is 0.867. The summed E-state index contributed by atoms with van der Waals surface area (Å²) in [7, 11) is 0. The zero-order valence-electron chi connectivity index (χ0n) is 19.1. The van der Waals surface area contributed by atoms with Gasteiger partial charge in [0.25, 0.3) is 11.8 Å². The van der Waals surface area contributed by atoms with Gasteiger partial charge in [0.2, 0.25) is 0 Å². The molecule has 0 fully saturated rings. The maximum atomic E-state index is 13.6. The standard InChI is InChI=1S/C24H14ClF6N5O3/c25-36(19-6-4-16(37)11-34-19)21(39)17-9-12(3-5-18(17)24(29,30)31)1-2-13-7-14(20(38)35-22(32)33)10-15(8-13)23(26,27)28/h3-11,37H,(H4,32,33,35,38). The smallest absolute Gasteiger partial charge is 0.417 e. The number of aliphatic imine (C=N–C) groups is 1. The highest BCUT2D eigenvalue weighted by Gasteiger charge is 2.37. The average molecular weight is 570 g/mol. The largest absolute Gasteiger partial charge is 0.506 e. The van der Waals surface area contributed by atoms with E-state index in [9.17, 15) is 41.0 Å². The van der Waals surface area contributed by atoms with Gasteiger partial charge in [0.05, 0.1) is 22.9 Å². The first-order valence-corrected chi connectivity index (χ1v) is 10.6. The lowest BCUT2D eigenvalue weighted by molar-refractivity contribution is -0.138. The summed E-state index contributed by atoms with van der Waals surface area (Å²) >= 11 is 5.90. The lowest BCUT2D eigenvalue weighted by Crippen LogP contribution is -2.25. The topological polar surface area (TPSA) is 135 Å². The number of nitrogens with zero attached hydrogens (tertiary/aromatic N) is 3. The fourth-order valence-corrected chi connectivity index (χ4v) is 3.25. The van der Waals surface area contributed by atoms with Crippen molar-refractivity contribution in [3.63, 3.8) is 0 Å². The molecule has 0 aliphatic carbocycles. The Balaban J connectivity index is 2.08. The van der Waals surface area contributed by atoms with E-state index in [1.807, 2.05) is 0 Å². The second-order valence-electron chi connectivity index (χ2n) is 7.61. The Hall–Kier alpha value is -4.77. The van der Waals surface area contributed by atoms with Gasteiger partial charge >= 0.3 is 12.4 Å². The molecule has 0 radical (unpaired) electrons. The summed E-state index contributed by atoms with van der Waals surface area (Å²) in [4.78, 5) is 31.7. The number of carbonyl (C=O) groups excluding carboxylic acids is 2. The number of pyridine rings is 1. The van der Waals surface area contributed by atoms with E-state index in [-0.39, 0.29) is 27.1 Å². The minimum Gasteiger partial charge on any atom is -0.506 e. The van der Waals surface area contributed by atoms with Crippen LogP contribution in [0.3, 0.4) is 0 Å². The van der Waals surface area contributed by atoms with Gasteiger partial charge in [-0.25, -0.2) is 4.98 Å². The number of halogens is 7. The Morgan fingerprint density at radius 1 is 0.923 bits per heavy atom. The zero-order chi connectivity index (χ0) is 29.1. The van der Waals surface area contributed by atoms with Gasteiger partial charge < -0.3 is 16.6 Å². The fourth-order valence-electron chi connectivity index (χ4n) is 3.06. The van der Waals surface area contributed by atoms with E-state index in [2.05, 4.69) is 21.8 Å². The third-order valence-electron chi connectivity index (χ3n) is 4.76. The van der Waals surface area contributed by atoms with Gasteiger partial charge in [0, 0.05) is 28.5 Å². The van der Waals surface area contributed by atoms with Crippen LogP contribution in [0, 0.1) is 11.8 Å². The molecule has 3 aromatic rings. The number of rotatable bonds is 3. The molecule has 0 spiro atoms. The van der Waals surface area contributed by atoms with Crippen molar-refractivity contribution in [1.29, 1.82) is 0 Å². The highest BCUT2D eigenvalue weighted by molar-refractivity contribution is 6.39. The SMILES string of the molecule is NC(N)=NC(=O)c1cc(C#Cc2ccc(C(F)(F)F)c(C(=O)N(Cl)c3ccc(O)cn3)c2)cc(C(F)(F)F)c1. The van der Waals surface area contributed by atoms with Gasteiger partial charge in [-0.15, -0.1) is 0 Å². The molecule has 0 aliphatic rings. The second-order valence-corrected chi connectivity index (χ2v) is 7.95. The summed E-state index contributed by atoms with van der Waals surface area (Å²) in [6, 6.07) is 6.41. The molecular weight excluding hydrogens is 556 g/mol. The molecule has 0 saturated heterocycles. The summed E-state index contributed by atoms with van der Waals surface area (Å²) in [5, 5.41) is 9.31. The number of amides is 2. The molecule has 0 atom stereocenters. The molecule has 0 aliphatic heterocycles. The average Bonchev–Trinajstić information content (AvgIpc) is 2.85. The minimum atomic E-state index is -4.99. The summed E-state index contributed by atoms with van der Waals surface area (Å²) in [5.41, 5.74) is 5.52. The Bertz CT molecular complexity index is 1520. The molecule has 8 nitrogen and oxygen atoms in total. The van der Waals surface area contributed by atoms with E-state index in [0.717, 1.165) is 36.5 Å². The van der Waals surface area contributed by atoms with Gasteiger partial charge in [-0.2, -0.15) is 35.8 Å². The van der Waals surface area contributed by atoms with E-state index in [1.54, 1.807) is 0 Å². The van der Waals surface area contributed by atoms with Crippen LogP contribution in [0.2, 0.25) is 0 Å². The fraction of sp³-hybridized carbons (Fsp3) is 0.0833. The number of hydrogen-bond donors (Lipinski definition) is 3. The molecule has 1 heterocycles. The van der Waals surface area contributed by atoms with Crippen molar-refractivity contribution < 1.29 is 41.0 Å². The second kappa shape index (κ2) is 10.9. The number of aromatic hydroxyl groups is 1. The number of guanidine groups is 1. The lowest BCUT2D eigenvalue weighted by atomic mass is 10.0. The van der Waals surface area contributed by atoms with E-state index in [1.165, 1.54) is 0 Å². The van der Waals surface area contributed by atoms with Crippen LogP contribution in [0.1, 0.15) is 43.0 Å². The molecular formula is C24H14ClF6N5O3. The van der Waals surface area contributed by atoms with Crippen LogP contribution >= 0.6 is 11.8 Å². The van der Waals surface area contributed by atoms with Crippen molar-refractivity contribution in [2.24, 2.45) is 16.5 Å². The van der Waals surface area contributed by atoms with Crippen LogP contribution in [-0.2, 0) is 12.4 Å². The van der Waals surface area contributed by atoms with E-state index >= 15 is 0 Å². The predicted octanol–water partition coefficient (Wildman–Crippen LogP) is 4.44. The van der Waals surface area contributed by atoms with Crippen LogP contribution in [0.4, 0.5) is 32.2 Å². The van der Waals surface area contributed by atoms with Crippen molar-refractivity contribution in [3.8, 4) is 17.6 Å². The normalized spacial score (nSPS) is 11.3. The summed E-state index contributed by atoms with van der Waals surface area (Å²) < 4.78 is 81.2. The molecule has 15 heteroatoms. The maximum Gasteiger partial charge on any atom is 0.417 e. The molecule has 39 heavy (non-hydrogen) atoms. The van der Waals surface area contributed by atoms with E-state index in [4.69, 9.17) is 23.2 Å². The number of hydrogen-bond acceptors (Lipinski definition) is 4. The van der Waals surface area contributed by atoms with Gasteiger partial charge in [-0.1, -0.05) is 11.8 Å². The highest BCUT2D eigenvalue weighted by Crippen LogP contribution is 2.34. The minimum absolute atomic E-state index is 0.204. The van der Waals surface area contributed by atoms with E-state index in [0.29, 0.717) is 18.2 Å². The maximum absolute atomic E-state index is 13.6. The van der Waals surface area contributed by atoms with Crippen molar-refractivity contribution in [3.05, 3.63) is 88.1 Å². The van der Waals surface area contributed by atoms with Crippen molar-refractivity contribution in [2.45, 2.75) is 12.4 Å². The van der Waals surface area contributed by atoms with Crippen LogP contribution < -0.4 is 15.9 Å². The molecule has 0 saturated carbocycles. The van der Waals surface area contributed by atoms with Crippen molar-refractivity contribution >= 4 is 35.4 Å². The van der Waals surface area contributed by atoms with Gasteiger partial charge in [-0.3, -0.25) is 9.59 Å². The van der Waals surface area contributed by atoms with Crippen LogP contribution in [0.5, 0.6) is 5.75 Å². The zero-order valence-corrected chi connectivity index (χ0v) is 19.9. The van der Waals surface area contributed by atoms with Gasteiger partial charge in [-0.05, 0) is 48.5 Å². The van der Waals surface area contributed by atoms with Gasteiger partial charge in [0.15, 0.2) is 11.8 Å². The number of carbonyl (C=O) groups is 2. The third-order valence-corrected chi connectivity index (χ3v) is 5.08. The third kappa shape index (κ3) is 7.17. The van der Waals surface area contributed by atoms with Crippen molar-refractivity contribution in [1.82, 2.24) is 4.98 Å². The number of benzene rings is 2. The Morgan fingerprint density at radius 3 is 2.15 bits per heavy atom. The number of nitrogens with two attached hydrogens (primary N) is 2. The first-order chi connectivity index (χ1) is 18.1. The first kappa shape index (κ1) is 28.8. The summed E-state index contributed by atoms with van der Waals surface area (Å²) in [6.07, 6.45) is -8.96. The molecule has 202 valence electrons. The van der Waals surface area contributed by atoms with E-state index < -0.39 is 52.4 Å². The quantitative estimate of drug-likeness (QED) is 0.140. The van der Waals surface area contributed by atoms with Crippen LogP contribution in [0.15, 0.2) is 59.7 Å². The number of alkyl halides is 6. The summed E-state index contributed by atoms with van der Waals surface area (Å²) in [6.45, 7) is 0. The van der Waals surface area contributed by atoms with Crippen LogP contribution in [-0.4, -0.2) is 27.9 Å². The van der Waals surface area contributed by atoms with Crippen LogP contribution in [0.25, 0.3) is 0 Å². The Labute approximate surface area is 220 Å². The lowest BCUT2D eigenvalue weighted by Gasteiger charge is -2.17. The molecule has 0 bridgehead atoms. The monoisotopic (exact) mass is 569 g/mol. The molecule has 2 aromatic carbocycles. The number of anilines is 1. The highest BCUT2D eigenvalue weighted by atomic mass is 35.5. The Kier molecular flexibility index (Phi) is 8.06. The number of aromatic nitrogens is 1. The first-order valence-electron chi connectivity index (χ1n) is 10.3. The molecule has 0 unspecified atom stereocenters. The molecule has 5 N–H and O–H groups in total. The van der Waals surface area contributed by atoms with Crippen molar-refractivity contribution in [2.75, 3.05) is 4.42 Å². The molecule has 1 aromatic heterocycles. The van der Waals surface area contributed by atoms with Gasteiger partial charge in [0.1, 0.15) is 5.75 Å².